The second-order valence-corrected chi connectivity index (χ2v) is 5.53. The molecule has 1 atom stereocenters. The maximum absolute atomic E-state index is 6.09. The zero-order valence-electron chi connectivity index (χ0n) is 11.6. The normalized spacial score (nSPS) is 13.7. The van der Waals surface area contributed by atoms with Crippen molar-refractivity contribution in [2.24, 2.45) is 5.73 Å². The molecule has 0 spiro atoms. The number of benzene rings is 1. The summed E-state index contributed by atoms with van der Waals surface area (Å²) in [6.45, 7) is 6.35. The van der Waals surface area contributed by atoms with Gasteiger partial charge in [0.25, 0.3) is 0 Å². The van der Waals surface area contributed by atoms with Crippen molar-refractivity contribution in [3.05, 3.63) is 35.4 Å². The van der Waals surface area contributed by atoms with Crippen LogP contribution in [0.15, 0.2) is 24.3 Å². The van der Waals surface area contributed by atoms with Crippen molar-refractivity contribution in [2.45, 2.75) is 51.6 Å². The van der Waals surface area contributed by atoms with E-state index < -0.39 is 0 Å². The van der Waals surface area contributed by atoms with Crippen LogP contribution in [0.25, 0.3) is 0 Å². The Bertz CT molecular complexity index is 322. The number of aryl methyl sites for hydroxylation is 1. The largest absolute Gasteiger partial charge is 0.325 e. The van der Waals surface area contributed by atoms with E-state index in [1.54, 1.807) is 0 Å². The van der Waals surface area contributed by atoms with Gasteiger partial charge in [0.1, 0.15) is 0 Å². The van der Waals surface area contributed by atoms with Gasteiger partial charge in [-0.15, -0.1) is 0 Å². The van der Waals surface area contributed by atoms with Gasteiger partial charge in [-0.25, -0.2) is 0 Å². The summed E-state index contributed by atoms with van der Waals surface area (Å²) in [5, 5.41) is 3.35. The highest BCUT2D eigenvalue weighted by molar-refractivity contribution is 5.25. The van der Waals surface area contributed by atoms with Crippen molar-refractivity contribution < 1.29 is 0 Å². The summed E-state index contributed by atoms with van der Waals surface area (Å²) in [6.07, 6.45) is 3.30. The van der Waals surface area contributed by atoms with Gasteiger partial charge in [-0.3, -0.25) is 0 Å². The second-order valence-electron chi connectivity index (χ2n) is 5.53. The van der Waals surface area contributed by atoms with Gasteiger partial charge in [-0.2, -0.15) is 0 Å². The minimum atomic E-state index is -0.143. The molecule has 2 nitrogen and oxygen atoms in total. The Labute approximate surface area is 106 Å². The molecule has 0 bridgehead atoms. The molecule has 0 fully saturated rings. The molecule has 0 aromatic heterocycles. The van der Waals surface area contributed by atoms with Gasteiger partial charge in [0.15, 0.2) is 0 Å². The standard InChI is InChI=1S/C15H26N2/c1-5-6-12-7-9-13(10-8-12)14(17-4)11-15(2,3)16/h7-10,14,17H,5-6,11,16H2,1-4H3. The third kappa shape index (κ3) is 4.88. The average Bonchev–Trinajstić information content (AvgIpc) is 2.26. The Kier molecular flexibility index (Phi) is 5.16. The Balaban J connectivity index is 2.75. The van der Waals surface area contributed by atoms with Crippen LogP contribution in [-0.4, -0.2) is 12.6 Å². The van der Waals surface area contributed by atoms with E-state index in [-0.39, 0.29) is 5.54 Å². The van der Waals surface area contributed by atoms with E-state index in [2.05, 4.69) is 50.4 Å². The first kappa shape index (κ1) is 14.2. The van der Waals surface area contributed by atoms with Crippen molar-refractivity contribution in [2.75, 3.05) is 7.05 Å². The molecule has 0 aliphatic rings. The molecular formula is C15H26N2. The third-order valence-corrected chi connectivity index (χ3v) is 3.00. The summed E-state index contributed by atoms with van der Waals surface area (Å²) in [6, 6.07) is 9.24. The maximum Gasteiger partial charge on any atom is 0.0334 e. The van der Waals surface area contributed by atoms with Crippen molar-refractivity contribution in [3.8, 4) is 0 Å². The highest BCUT2D eigenvalue weighted by Gasteiger charge is 2.18. The first-order valence-corrected chi connectivity index (χ1v) is 6.51. The molecule has 17 heavy (non-hydrogen) atoms. The zero-order valence-corrected chi connectivity index (χ0v) is 11.6. The van der Waals surface area contributed by atoms with Crippen LogP contribution < -0.4 is 11.1 Å². The predicted molar refractivity (Wildman–Crippen MR) is 75.1 cm³/mol. The van der Waals surface area contributed by atoms with Crippen LogP contribution in [0.3, 0.4) is 0 Å². The van der Waals surface area contributed by atoms with Gasteiger partial charge >= 0.3 is 0 Å². The minimum Gasteiger partial charge on any atom is -0.325 e. The second kappa shape index (κ2) is 6.18. The topological polar surface area (TPSA) is 38.0 Å². The lowest BCUT2D eigenvalue weighted by Gasteiger charge is -2.26. The molecule has 3 N–H and O–H groups in total. The molecule has 0 saturated heterocycles. The van der Waals surface area contributed by atoms with Gasteiger partial charge in [-0.1, -0.05) is 37.6 Å². The van der Waals surface area contributed by atoms with Gasteiger partial charge < -0.3 is 11.1 Å². The summed E-state index contributed by atoms with van der Waals surface area (Å²) < 4.78 is 0. The Morgan fingerprint density at radius 3 is 2.24 bits per heavy atom. The Hall–Kier alpha value is -0.860. The van der Waals surface area contributed by atoms with Crippen LogP contribution in [0.2, 0.25) is 0 Å². The molecule has 0 saturated carbocycles. The molecule has 0 aliphatic heterocycles. The zero-order chi connectivity index (χ0) is 12.9. The average molecular weight is 234 g/mol. The molecule has 0 amide bonds. The van der Waals surface area contributed by atoms with E-state index >= 15 is 0 Å². The van der Waals surface area contributed by atoms with E-state index in [1.165, 1.54) is 17.5 Å². The molecular weight excluding hydrogens is 208 g/mol. The maximum atomic E-state index is 6.09. The lowest BCUT2D eigenvalue weighted by molar-refractivity contribution is 0.396. The molecule has 1 aromatic rings. The third-order valence-electron chi connectivity index (χ3n) is 3.00. The quantitative estimate of drug-likeness (QED) is 0.794. The summed E-state index contributed by atoms with van der Waals surface area (Å²) in [7, 11) is 2.00. The fourth-order valence-electron chi connectivity index (χ4n) is 2.12. The fraction of sp³-hybridized carbons (Fsp3) is 0.600. The lowest BCUT2D eigenvalue weighted by Crippen LogP contribution is -2.36. The van der Waals surface area contributed by atoms with Gasteiger partial charge in [0.05, 0.1) is 0 Å². The first-order valence-electron chi connectivity index (χ1n) is 6.51. The first-order chi connectivity index (χ1) is 7.96. The van der Waals surface area contributed by atoms with E-state index in [4.69, 9.17) is 5.73 Å². The van der Waals surface area contributed by atoms with Gasteiger partial charge in [0.2, 0.25) is 0 Å². The minimum absolute atomic E-state index is 0.143. The van der Waals surface area contributed by atoms with Crippen LogP contribution in [-0.2, 0) is 6.42 Å². The van der Waals surface area contributed by atoms with Gasteiger partial charge in [0, 0.05) is 11.6 Å². The summed E-state index contributed by atoms with van der Waals surface area (Å²) >= 11 is 0. The van der Waals surface area contributed by atoms with E-state index in [0.717, 1.165) is 12.8 Å². The number of nitrogens with one attached hydrogen (secondary N) is 1. The number of nitrogens with two attached hydrogens (primary N) is 1. The van der Waals surface area contributed by atoms with E-state index in [9.17, 15) is 0 Å². The molecule has 1 unspecified atom stereocenters. The summed E-state index contributed by atoms with van der Waals surface area (Å²) in [5.41, 5.74) is 8.68. The van der Waals surface area contributed by atoms with Crippen LogP contribution >= 0.6 is 0 Å². The van der Waals surface area contributed by atoms with Crippen molar-refractivity contribution in [3.63, 3.8) is 0 Å². The van der Waals surface area contributed by atoms with Crippen LogP contribution in [0.4, 0.5) is 0 Å². The summed E-state index contributed by atoms with van der Waals surface area (Å²) in [5.74, 6) is 0. The highest BCUT2D eigenvalue weighted by Crippen LogP contribution is 2.22. The fourth-order valence-corrected chi connectivity index (χ4v) is 2.12. The molecule has 1 aromatic carbocycles. The van der Waals surface area contributed by atoms with Crippen molar-refractivity contribution in [1.29, 1.82) is 0 Å². The number of rotatable bonds is 6. The SMILES string of the molecule is CCCc1ccc(C(CC(C)(C)N)NC)cc1. The van der Waals surface area contributed by atoms with Crippen LogP contribution in [0.5, 0.6) is 0 Å². The van der Waals surface area contributed by atoms with E-state index in [1.807, 2.05) is 7.05 Å². The van der Waals surface area contributed by atoms with Crippen molar-refractivity contribution in [1.82, 2.24) is 5.32 Å². The molecule has 0 radical (unpaired) electrons. The number of hydrogen-bond acceptors (Lipinski definition) is 2. The number of hydrogen-bond donors (Lipinski definition) is 2. The smallest absolute Gasteiger partial charge is 0.0334 e. The summed E-state index contributed by atoms with van der Waals surface area (Å²) in [4.78, 5) is 0. The van der Waals surface area contributed by atoms with Gasteiger partial charge in [-0.05, 0) is 44.9 Å². The Morgan fingerprint density at radius 1 is 1.24 bits per heavy atom. The van der Waals surface area contributed by atoms with E-state index in [0.29, 0.717) is 6.04 Å². The van der Waals surface area contributed by atoms with Crippen LogP contribution in [0.1, 0.15) is 50.8 Å². The molecule has 96 valence electrons. The predicted octanol–water partition coefficient (Wildman–Crippen LogP) is 3.03. The molecule has 2 heteroatoms. The highest BCUT2D eigenvalue weighted by atomic mass is 14.9. The monoisotopic (exact) mass is 234 g/mol. The van der Waals surface area contributed by atoms with Crippen LogP contribution in [0, 0.1) is 0 Å². The molecule has 0 heterocycles. The Morgan fingerprint density at radius 2 is 1.82 bits per heavy atom. The molecule has 1 rings (SSSR count). The van der Waals surface area contributed by atoms with Crippen molar-refractivity contribution >= 4 is 0 Å². The molecule has 0 aliphatic carbocycles. The lowest BCUT2D eigenvalue weighted by atomic mass is 9.91.